The molecule has 1 aromatic carbocycles. The van der Waals surface area contributed by atoms with Crippen molar-refractivity contribution in [3.63, 3.8) is 0 Å². The van der Waals surface area contributed by atoms with Crippen LogP contribution in [0.5, 0.6) is 0 Å². The fourth-order valence-corrected chi connectivity index (χ4v) is 3.18. The lowest BCUT2D eigenvalue weighted by molar-refractivity contribution is 0.100. The van der Waals surface area contributed by atoms with E-state index in [-0.39, 0.29) is 12.6 Å². The second kappa shape index (κ2) is 6.33. The first-order valence-corrected chi connectivity index (χ1v) is 7.18. The number of carbonyl (C=O) groups excluding carboxylic acids is 1. The predicted molar refractivity (Wildman–Crippen MR) is 81.1 cm³/mol. The molecule has 1 saturated heterocycles. The highest BCUT2D eigenvalue weighted by Crippen LogP contribution is 2.36. The number of hydrogen-bond acceptors (Lipinski definition) is 4. The van der Waals surface area contributed by atoms with Gasteiger partial charge in [0, 0.05) is 24.9 Å². The normalized spacial score (nSPS) is 19.1. The van der Waals surface area contributed by atoms with Gasteiger partial charge in [0.25, 0.3) is 5.91 Å². The van der Waals surface area contributed by atoms with Crippen molar-refractivity contribution in [1.82, 2.24) is 0 Å². The Labute approximate surface area is 123 Å². The van der Waals surface area contributed by atoms with Crippen LogP contribution in [0.4, 0.5) is 11.4 Å². The van der Waals surface area contributed by atoms with Crippen molar-refractivity contribution in [3.05, 3.63) is 22.7 Å². The van der Waals surface area contributed by atoms with Gasteiger partial charge < -0.3 is 21.5 Å². The number of aliphatic hydroxyl groups is 1. The van der Waals surface area contributed by atoms with E-state index in [4.69, 9.17) is 23.1 Å². The van der Waals surface area contributed by atoms with Crippen LogP contribution in [0.3, 0.4) is 0 Å². The topological polar surface area (TPSA) is 92.6 Å². The summed E-state index contributed by atoms with van der Waals surface area (Å²) in [6.07, 6.45) is 3.76. The van der Waals surface area contributed by atoms with Gasteiger partial charge in [-0.2, -0.15) is 0 Å². The third-order valence-corrected chi connectivity index (χ3v) is 4.02. The lowest BCUT2D eigenvalue weighted by Crippen LogP contribution is -2.41. The quantitative estimate of drug-likeness (QED) is 0.738. The van der Waals surface area contributed by atoms with Gasteiger partial charge in [0.1, 0.15) is 0 Å². The molecule has 1 fully saturated rings. The fourth-order valence-electron chi connectivity index (χ4n) is 2.84. The van der Waals surface area contributed by atoms with Gasteiger partial charge in [0.2, 0.25) is 0 Å². The molecule has 0 aromatic heterocycles. The Morgan fingerprint density at radius 2 is 2.20 bits per heavy atom. The first kappa shape index (κ1) is 14.9. The molecule has 0 radical (unpaired) electrons. The molecule has 2 rings (SSSR count). The van der Waals surface area contributed by atoms with E-state index in [0.717, 1.165) is 25.8 Å². The Kier molecular flexibility index (Phi) is 4.73. The summed E-state index contributed by atoms with van der Waals surface area (Å²) < 4.78 is 0. The molecule has 1 unspecified atom stereocenters. The number of hydrogen-bond donors (Lipinski definition) is 3. The van der Waals surface area contributed by atoms with Crippen LogP contribution in [0.25, 0.3) is 0 Å². The molecule has 1 amide bonds. The van der Waals surface area contributed by atoms with E-state index in [2.05, 4.69) is 4.90 Å². The van der Waals surface area contributed by atoms with E-state index in [1.165, 1.54) is 0 Å². The molecule has 5 N–H and O–H groups in total. The highest BCUT2D eigenvalue weighted by Gasteiger charge is 2.27. The average molecular weight is 298 g/mol. The molecular formula is C14H20ClN3O2. The molecule has 1 heterocycles. The smallest absolute Gasteiger partial charge is 0.250 e. The standard InChI is InChI=1S/C14H20ClN3O2/c15-12-8-9(16)7-11(14(17)20)13(12)18-5-2-1-3-10(18)4-6-19/h7-8,10,19H,1-6,16H2,(H2,17,20). The summed E-state index contributed by atoms with van der Waals surface area (Å²) in [5, 5.41) is 9.64. The summed E-state index contributed by atoms with van der Waals surface area (Å²) in [5.74, 6) is -0.539. The molecule has 1 aliphatic heterocycles. The highest BCUT2D eigenvalue weighted by atomic mass is 35.5. The third kappa shape index (κ3) is 2.99. The molecule has 1 aliphatic rings. The van der Waals surface area contributed by atoms with Crippen LogP contribution in [0.2, 0.25) is 5.02 Å². The molecule has 0 spiro atoms. The minimum Gasteiger partial charge on any atom is -0.399 e. The Morgan fingerprint density at radius 1 is 1.45 bits per heavy atom. The first-order valence-electron chi connectivity index (χ1n) is 6.81. The minimum absolute atomic E-state index is 0.111. The average Bonchev–Trinajstić information content (AvgIpc) is 2.39. The highest BCUT2D eigenvalue weighted by molar-refractivity contribution is 6.34. The van der Waals surface area contributed by atoms with E-state index >= 15 is 0 Å². The van der Waals surface area contributed by atoms with Gasteiger partial charge in [-0.1, -0.05) is 11.6 Å². The molecular weight excluding hydrogens is 278 g/mol. The zero-order valence-corrected chi connectivity index (χ0v) is 12.1. The number of rotatable bonds is 4. The lowest BCUT2D eigenvalue weighted by Gasteiger charge is -2.38. The van der Waals surface area contributed by atoms with Gasteiger partial charge in [-0.15, -0.1) is 0 Å². The van der Waals surface area contributed by atoms with Gasteiger partial charge in [-0.25, -0.2) is 0 Å². The maximum absolute atomic E-state index is 11.7. The fraction of sp³-hybridized carbons (Fsp3) is 0.500. The van der Waals surface area contributed by atoms with Crippen molar-refractivity contribution in [1.29, 1.82) is 0 Å². The third-order valence-electron chi connectivity index (χ3n) is 3.73. The van der Waals surface area contributed by atoms with Crippen LogP contribution < -0.4 is 16.4 Å². The Balaban J connectivity index is 2.46. The summed E-state index contributed by atoms with van der Waals surface area (Å²) in [4.78, 5) is 13.8. The van der Waals surface area contributed by atoms with Gasteiger partial charge in [0.15, 0.2) is 0 Å². The molecule has 6 heteroatoms. The number of halogens is 1. The summed E-state index contributed by atoms with van der Waals surface area (Å²) >= 11 is 6.29. The number of primary amides is 1. The van der Waals surface area contributed by atoms with E-state index in [0.29, 0.717) is 28.4 Å². The number of carbonyl (C=O) groups is 1. The van der Waals surface area contributed by atoms with Crippen molar-refractivity contribution < 1.29 is 9.90 Å². The molecule has 5 nitrogen and oxygen atoms in total. The monoisotopic (exact) mass is 297 g/mol. The molecule has 1 atom stereocenters. The van der Waals surface area contributed by atoms with E-state index in [1.807, 2.05) is 0 Å². The number of nitrogens with two attached hydrogens (primary N) is 2. The van der Waals surface area contributed by atoms with Gasteiger partial charge in [-0.05, 0) is 37.8 Å². The molecule has 0 aliphatic carbocycles. The minimum atomic E-state index is -0.539. The van der Waals surface area contributed by atoms with E-state index in [9.17, 15) is 9.90 Å². The van der Waals surface area contributed by atoms with Crippen LogP contribution in [-0.2, 0) is 0 Å². The van der Waals surface area contributed by atoms with Crippen molar-refractivity contribution in [2.75, 3.05) is 23.8 Å². The van der Waals surface area contributed by atoms with Crippen LogP contribution >= 0.6 is 11.6 Å². The number of benzene rings is 1. The number of aliphatic hydroxyl groups excluding tert-OH is 1. The maximum Gasteiger partial charge on any atom is 0.250 e. The van der Waals surface area contributed by atoms with Gasteiger partial charge in [-0.3, -0.25) is 4.79 Å². The van der Waals surface area contributed by atoms with Gasteiger partial charge >= 0.3 is 0 Å². The zero-order valence-electron chi connectivity index (χ0n) is 11.3. The number of nitrogen functional groups attached to an aromatic ring is 1. The molecule has 0 saturated carbocycles. The van der Waals surface area contributed by atoms with Crippen molar-refractivity contribution in [2.45, 2.75) is 31.7 Å². The number of amides is 1. The SMILES string of the molecule is NC(=O)c1cc(N)cc(Cl)c1N1CCCCC1CCO. The van der Waals surface area contributed by atoms with Crippen LogP contribution in [0, 0.1) is 0 Å². The zero-order chi connectivity index (χ0) is 14.7. The Hall–Kier alpha value is -1.46. The second-order valence-corrected chi connectivity index (χ2v) is 5.53. The Bertz CT molecular complexity index is 505. The second-order valence-electron chi connectivity index (χ2n) is 5.12. The maximum atomic E-state index is 11.7. The van der Waals surface area contributed by atoms with E-state index < -0.39 is 5.91 Å². The van der Waals surface area contributed by atoms with Crippen LogP contribution in [0.1, 0.15) is 36.0 Å². The largest absolute Gasteiger partial charge is 0.399 e. The number of piperidine rings is 1. The lowest BCUT2D eigenvalue weighted by atomic mass is 9.97. The molecule has 110 valence electrons. The summed E-state index contributed by atoms with van der Waals surface area (Å²) in [7, 11) is 0. The van der Waals surface area contributed by atoms with Crippen molar-refractivity contribution >= 4 is 28.9 Å². The van der Waals surface area contributed by atoms with Crippen molar-refractivity contribution in [2.24, 2.45) is 5.73 Å². The number of anilines is 2. The summed E-state index contributed by atoms with van der Waals surface area (Å²) in [6.45, 7) is 0.911. The van der Waals surface area contributed by atoms with Crippen LogP contribution in [0.15, 0.2) is 12.1 Å². The molecule has 20 heavy (non-hydrogen) atoms. The summed E-state index contributed by atoms with van der Waals surface area (Å²) in [6, 6.07) is 3.37. The van der Waals surface area contributed by atoms with E-state index in [1.54, 1.807) is 12.1 Å². The molecule has 1 aromatic rings. The first-order chi connectivity index (χ1) is 9.54. The van der Waals surface area contributed by atoms with Crippen LogP contribution in [-0.4, -0.2) is 30.2 Å². The molecule has 0 bridgehead atoms. The summed E-state index contributed by atoms with van der Waals surface area (Å²) in [5.41, 5.74) is 12.6. The number of nitrogens with zero attached hydrogens (tertiary/aromatic N) is 1. The van der Waals surface area contributed by atoms with Gasteiger partial charge in [0.05, 0.1) is 16.3 Å². The predicted octanol–water partition coefficient (Wildman–Crippen LogP) is 1.76. The Morgan fingerprint density at radius 3 is 2.85 bits per heavy atom. The van der Waals surface area contributed by atoms with Crippen molar-refractivity contribution in [3.8, 4) is 0 Å².